The zero-order valence-corrected chi connectivity index (χ0v) is 15.5. The molecule has 0 saturated heterocycles. The van der Waals surface area contributed by atoms with E-state index in [9.17, 15) is 0 Å². The lowest BCUT2D eigenvalue weighted by Crippen LogP contribution is -1.89. The number of benzene rings is 5. The molecule has 0 aliphatic rings. The Morgan fingerprint density at radius 3 is 1.86 bits per heavy atom. The van der Waals surface area contributed by atoms with Gasteiger partial charge in [0.05, 0.1) is 0 Å². The first-order valence-corrected chi connectivity index (χ1v) is 9.55. The molecule has 0 unspecified atom stereocenters. The predicted molar refractivity (Wildman–Crippen MR) is 119 cm³/mol. The summed E-state index contributed by atoms with van der Waals surface area (Å²) in [6, 6.07) is 44.3. The van der Waals surface area contributed by atoms with Gasteiger partial charge in [-0.3, -0.25) is 0 Å². The van der Waals surface area contributed by atoms with Crippen LogP contribution in [-0.2, 0) is 0 Å². The highest BCUT2D eigenvalue weighted by atomic mass is 14.2. The van der Waals surface area contributed by atoms with Crippen molar-refractivity contribution in [2.24, 2.45) is 0 Å². The molecule has 5 rings (SSSR count). The van der Waals surface area contributed by atoms with Crippen molar-refractivity contribution in [1.82, 2.24) is 0 Å². The Labute approximate surface area is 165 Å². The van der Waals surface area contributed by atoms with Crippen LogP contribution in [0.3, 0.4) is 0 Å². The van der Waals surface area contributed by atoms with Gasteiger partial charge in [-0.05, 0) is 50.2 Å². The molecule has 0 atom stereocenters. The second kappa shape index (κ2) is 7.17. The number of fused-ring (bicyclic) bond motifs is 1. The highest BCUT2D eigenvalue weighted by molar-refractivity contribution is 6.01. The Morgan fingerprint density at radius 2 is 1.07 bits per heavy atom. The van der Waals surface area contributed by atoms with Crippen molar-refractivity contribution in [3.05, 3.63) is 121 Å². The van der Waals surface area contributed by atoms with E-state index >= 15 is 0 Å². The summed E-state index contributed by atoms with van der Waals surface area (Å²) in [5, 5.41) is 2.50. The van der Waals surface area contributed by atoms with E-state index in [0.29, 0.717) is 0 Å². The minimum Gasteiger partial charge on any atom is -0.0622 e. The van der Waals surface area contributed by atoms with Crippen LogP contribution in [-0.4, -0.2) is 0 Å². The molecule has 0 nitrogen and oxygen atoms in total. The monoisotopic (exact) mass is 355 g/mol. The normalized spacial score (nSPS) is 10.9. The summed E-state index contributed by atoms with van der Waals surface area (Å²) in [7, 11) is 0. The Kier molecular flexibility index (Phi) is 4.23. The molecule has 5 aromatic carbocycles. The second-order valence-electron chi connectivity index (χ2n) is 6.92. The highest BCUT2D eigenvalue weighted by Gasteiger charge is 2.12. The molecule has 131 valence electrons. The lowest BCUT2D eigenvalue weighted by Gasteiger charge is -2.14. The van der Waals surface area contributed by atoms with Gasteiger partial charge in [0.25, 0.3) is 0 Å². The largest absolute Gasteiger partial charge is 0.0622 e. The molecular weight excluding hydrogens is 336 g/mol. The second-order valence-corrected chi connectivity index (χ2v) is 6.92. The standard InChI is InChI=1S/C28H19/c1-3-10-21(11-4-1)24-18-19-26(22-12-5-2-6-13-22)28(20-24)27-17-9-15-23-14-7-8-16-25(23)27/h1-19H. The molecule has 0 fully saturated rings. The average molecular weight is 355 g/mol. The molecule has 0 saturated carbocycles. The van der Waals surface area contributed by atoms with E-state index in [1.54, 1.807) is 0 Å². The smallest absolute Gasteiger partial charge is 0.000764 e. The van der Waals surface area contributed by atoms with Gasteiger partial charge in [-0.25, -0.2) is 0 Å². The summed E-state index contributed by atoms with van der Waals surface area (Å²) >= 11 is 0. The SMILES string of the molecule is [c]1c(-c2ccccc2)ccc(-c2ccccc2)c1-c1cccc2ccccc12. The van der Waals surface area contributed by atoms with Crippen molar-refractivity contribution < 1.29 is 0 Å². The van der Waals surface area contributed by atoms with Crippen LogP contribution in [0.5, 0.6) is 0 Å². The quantitative estimate of drug-likeness (QED) is 0.312. The summed E-state index contributed by atoms with van der Waals surface area (Å²) < 4.78 is 0. The van der Waals surface area contributed by atoms with Crippen molar-refractivity contribution in [3.63, 3.8) is 0 Å². The Balaban J connectivity index is 1.80. The topological polar surface area (TPSA) is 0 Å². The maximum Gasteiger partial charge on any atom is -0.000764 e. The van der Waals surface area contributed by atoms with Gasteiger partial charge in [0.15, 0.2) is 0 Å². The minimum absolute atomic E-state index is 1.11. The Hall–Kier alpha value is -3.64. The van der Waals surface area contributed by atoms with Gasteiger partial charge in [-0.2, -0.15) is 0 Å². The van der Waals surface area contributed by atoms with Gasteiger partial charge < -0.3 is 0 Å². The number of rotatable bonds is 3. The van der Waals surface area contributed by atoms with E-state index in [0.717, 1.165) is 11.1 Å². The van der Waals surface area contributed by atoms with Crippen LogP contribution in [0.1, 0.15) is 0 Å². The lowest BCUT2D eigenvalue weighted by molar-refractivity contribution is 1.57. The summed E-state index contributed by atoms with van der Waals surface area (Å²) in [5.41, 5.74) is 7.07. The first-order chi connectivity index (χ1) is 13.9. The number of hydrogen-bond acceptors (Lipinski definition) is 0. The lowest BCUT2D eigenvalue weighted by atomic mass is 9.89. The van der Waals surface area contributed by atoms with Crippen LogP contribution < -0.4 is 0 Å². The van der Waals surface area contributed by atoms with Crippen LogP contribution in [0.2, 0.25) is 0 Å². The van der Waals surface area contributed by atoms with Crippen LogP contribution in [0.15, 0.2) is 115 Å². The van der Waals surface area contributed by atoms with E-state index in [1.807, 2.05) is 6.07 Å². The first kappa shape index (κ1) is 16.5. The Bertz CT molecular complexity index is 1230. The van der Waals surface area contributed by atoms with Crippen molar-refractivity contribution in [2.75, 3.05) is 0 Å². The van der Waals surface area contributed by atoms with Crippen LogP contribution >= 0.6 is 0 Å². The summed E-state index contributed by atoms with van der Waals surface area (Å²) in [6.45, 7) is 0. The third-order valence-electron chi connectivity index (χ3n) is 5.17. The van der Waals surface area contributed by atoms with E-state index in [-0.39, 0.29) is 0 Å². The molecular formula is C28H19. The van der Waals surface area contributed by atoms with Gasteiger partial charge in [-0.1, -0.05) is 115 Å². The molecule has 28 heavy (non-hydrogen) atoms. The molecule has 0 amide bonds. The molecule has 0 aromatic heterocycles. The van der Waals surface area contributed by atoms with E-state index in [4.69, 9.17) is 0 Å². The van der Waals surface area contributed by atoms with Crippen LogP contribution in [0.25, 0.3) is 44.2 Å². The van der Waals surface area contributed by atoms with E-state index in [2.05, 4.69) is 115 Å². The zero-order chi connectivity index (χ0) is 18.8. The van der Waals surface area contributed by atoms with Crippen molar-refractivity contribution in [3.8, 4) is 33.4 Å². The van der Waals surface area contributed by atoms with E-state index in [1.165, 1.54) is 33.0 Å². The van der Waals surface area contributed by atoms with Gasteiger partial charge in [-0.15, -0.1) is 0 Å². The van der Waals surface area contributed by atoms with Crippen LogP contribution in [0.4, 0.5) is 0 Å². The fourth-order valence-electron chi connectivity index (χ4n) is 3.79. The molecule has 5 aromatic rings. The third kappa shape index (κ3) is 3.00. The Morgan fingerprint density at radius 1 is 0.429 bits per heavy atom. The first-order valence-electron chi connectivity index (χ1n) is 9.55. The van der Waals surface area contributed by atoms with Crippen molar-refractivity contribution in [2.45, 2.75) is 0 Å². The average Bonchev–Trinajstić information content (AvgIpc) is 2.79. The molecule has 0 aliphatic carbocycles. The summed E-state index contributed by atoms with van der Waals surface area (Å²) in [6.07, 6.45) is 0. The number of hydrogen-bond donors (Lipinski definition) is 0. The zero-order valence-electron chi connectivity index (χ0n) is 15.5. The summed E-state index contributed by atoms with van der Waals surface area (Å²) in [5.74, 6) is 0. The fraction of sp³-hybridized carbons (Fsp3) is 0. The molecule has 0 bridgehead atoms. The van der Waals surface area contributed by atoms with Gasteiger partial charge in [0.1, 0.15) is 0 Å². The van der Waals surface area contributed by atoms with Gasteiger partial charge in [0.2, 0.25) is 0 Å². The maximum atomic E-state index is 3.74. The highest BCUT2D eigenvalue weighted by Crippen LogP contribution is 2.38. The van der Waals surface area contributed by atoms with Crippen molar-refractivity contribution >= 4 is 10.8 Å². The molecule has 1 radical (unpaired) electrons. The van der Waals surface area contributed by atoms with Gasteiger partial charge in [0, 0.05) is 0 Å². The van der Waals surface area contributed by atoms with Crippen LogP contribution in [0, 0.1) is 6.07 Å². The van der Waals surface area contributed by atoms with E-state index < -0.39 is 0 Å². The molecule has 0 aliphatic heterocycles. The molecule has 0 heteroatoms. The predicted octanol–water partition coefficient (Wildman–Crippen LogP) is 7.64. The molecule has 0 N–H and O–H groups in total. The molecule has 0 heterocycles. The maximum absolute atomic E-state index is 3.74. The fourth-order valence-corrected chi connectivity index (χ4v) is 3.79. The minimum atomic E-state index is 1.11. The summed E-state index contributed by atoms with van der Waals surface area (Å²) in [4.78, 5) is 0. The van der Waals surface area contributed by atoms with Crippen molar-refractivity contribution in [1.29, 1.82) is 0 Å². The molecule has 0 spiro atoms. The van der Waals surface area contributed by atoms with Gasteiger partial charge >= 0.3 is 0 Å². The third-order valence-corrected chi connectivity index (χ3v) is 5.17.